The minimum Gasteiger partial charge on any atom is -0.508 e. The summed E-state index contributed by atoms with van der Waals surface area (Å²) in [6.07, 6.45) is 0. The fourth-order valence-electron chi connectivity index (χ4n) is 12.4. The van der Waals surface area contributed by atoms with Crippen molar-refractivity contribution < 1.29 is 50.0 Å². The lowest BCUT2D eigenvalue weighted by Gasteiger charge is -2.10. The van der Waals surface area contributed by atoms with E-state index in [1.165, 1.54) is 56.7 Å². The van der Waals surface area contributed by atoms with Crippen LogP contribution in [0.25, 0.3) is 136 Å². The Kier molecular flexibility index (Phi) is 23.5. The molecule has 0 aliphatic rings. The summed E-state index contributed by atoms with van der Waals surface area (Å²) in [5.74, 6) is 1.97. The van der Waals surface area contributed by atoms with Gasteiger partial charge in [-0.3, -0.25) is 20.2 Å². The van der Waals surface area contributed by atoms with Crippen LogP contribution in [0.2, 0.25) is 20.1 Å². The SMILES string of the molecule is COc1cc(-c2nc(-c3ccc(Cl)cc3)c(-c3ccc(Cl)cc3)[nH]2)cc(OC)c1O.Cc1ccc([N+](=O)[O-])cc1-c1[nH]c(-c2ccc(O)c(O)c2)nc1-c1ccccc1.Cc1ccc([N+](=O)[O-])cc1-c1[nH]c(-c2cccc(O)c2)nc1-c1ccccc1.Oc1ccc(-c2nc(-c3ccccc3)c(-c3cccc(Cl)c3Cl)[nH]2)cc1O. The molecule has 0 fully saturated rings. The molecule has 16 aromatic rings. The first-order valence-corrected chi connectivity index (χ1v) is 36.3. The summed E-state index contributed by atoms with van der Waals surface area (Å²) >= 11 is 24.8. The van der Waals surface area contributed by atoms with E-state index >= 15 is 0 Å². The molecule has 0 unspecified atom stereocenters. The molecule has 0 bridgehead atoms. The van der Waals surface area contributed by atoms with Gasteiger partial charge in [0.15, 0.2) is 34.5 Å². The van der Waals surface area contributed by atoms with Gasteiger partial charge in [0, 0.05) is 101 Å². The fraction of sp³-hybridized carbons (Fsp3) is 0.0455. The highest BCUT2D eigenvalue weighted by Crippen LogP contribution is 2.45. The predicted molar refractivity (Wildman–Crippen MR) is 445 cm³/mol. The average molecular weight is 1600 g/mol. The number of ether oxygens (including phenoxy) is 2. The van der Waals surface area contributed by atoms with Crippen LogP contribution in [0, 0.1) is 34.1 Å². The number of benzene rings is 12. The van der Waals surface area contributed by atoms with Crippen LogP contribution in [0.5, 0.6) is 46.0 Å². The number of nitrogens with zero attached hydrogens (tertiary/aromatic N) is 6. The van der Waals surface area contributed by atoms with Gasteiger partial charge in [0.1, 0.15) is 29.0 Å². The molecule has 22 nitrogen and oxygen atoms in total. The van der Waals surface area contributed by atoms with E-state index in [1.54, 1.807) is 66.7 Å². The highest BCUT2D eigenvalue weighted by Gasteiger charge is 2.25. The quantitative estimate of drug-likeness (QED) is 0.0244. The number of imidazole rings is 4. The van der Waals surface area contributed by atoms with Gasteiger partial charge in [0.05, 0.1) is 79.7 Å². The van der Waals surface area contributed by atoms with Gasteiger partial charge >= 0.3 is 0 Å². The lowest BCUT2D eigenvalue weighted by atomic mass is 10.0. The highest BCUT2D eigenvalue weighted by atomic mass is 35.5. The molecule has 0 saturated heterocycles. The Morgan fingerprint density at radius 2 is 0.684 bits per heavy atom. The molecule has 0 atom stereocenters. The molecule has 10 N–H and O–H groups in total. The first-order valence-electron chi connectivity index (χ1n) is 34.8. The molecule has 4 heterocycles. The number of aromatic amines is 4. The third kappa shape index (κ3) is 17.4. The number of H-pyrrole nitrogens is 4. The monoisotopic (exact) mass is 1590 g/mol. The number of nitro benzene ring substituents is 2. The molecule has 0 spiro atoms. The van der Waals surface area contributed by atoms with Crippen molar-refractivity contribution in [3.63, 3.8) is 0 Å². The maximum atomic E-state index is 11.3. The Morgan fingerprint density at radius 1 is 0.333 bits per heavy atom. The summed E-state index contributed by atoms with van der Waals surface area (Å²) in [4.78, 5) is 53.9. The van der Waals surface area contributed by atoms with E-state index < -0.39 is 9.85 Å². The Hall–Kier alpha value is -14.2. The van der Waals surface area contributed by atoms with Crippen molar-refractivity contribution in [3.05, 3.63) is 318 Å². The van der Waals surface area contributed by atoms with Gasteiger partial charge in [-0.2, -0.15) is 0 Å². The summed E-state index contributed by atoms with van der Waals surface area (Å²) in [7, 11) is 2.97. The number of halogens is 4. The molecule has 0 amide bonds. The second kappa shape index (κ2) is 34.4. The molecule has 0 aliphatic carbocycles. The van der Waals surface area contributed by atoms with Crippen LogP contribution >= 0.6 is 46.4 Å². The molecule has 0 radical (unpaired) electrons. The third-order valence-electron chi connectivity index (χ3n) is 18.2. The second-order valence-corrected chi connectivity index (χ2v) is 27.3. The maximum Gasteiger partial charge on any atom is 0.270 e. The zero-order chi connectivity index (χ0) is 80.4. The van der Waals surface area contributed by atoms with Crippen molar-refractivity contribution in [2.24, 2.45) is 0 Å². The number of methoxy groups -OCH3 is 2. The van der Waals surface area contributed by atoms with Gasteiger partial charge in [0.2, 0.25) is 5.75 Å². The standard InChI is InChI=1S/C23H18Cl2N2O3.C22H17N3O4.C22H17N3O3.C21H14Cl2N2O2/c1-29-18-11-15(12-19(30-2)22(18)28)23-26-20(13-3-7-16(24)8-4-13)21(27-23)14-5-9-17(25)10-6-14;1-13-7-9-16(25(28)29)12-17(13)21-20(14-5-3-2-4-6-14)23-22(24-21)15-8-10-18(26)19(27)11-15;1-14-10-11-17(25(27)28)13-19(14)21-20(15-6-3-2-4-7-15)23-22(24-21)16-8-5-9-18(26)12-16;22-15-8-4-7-14(18(15)23)20-19(12-5-2-1-3-6-12)24-21(25-20)13-9-10-16(26)17(27)11-13/h3-12,28H,1-2H3,(H,26,27);2-12,26-27H,1H3,(H,23,24);2-13,26H,1H3,(H,23,24);1-11,26-27H,(H,24,25). The molecule has 12 aromatic carbocycles. The highest BCUT2D eigenvalue weighted by molar-refractivity contribution is 6.43. The first-order chi connectivity index (χ1) is 55.0. The van der Waals surface area contributed by atoms with Crippen molar-refractivity contribution in [1.82, 2.24) is 39.9 Å². The molecular formula is C88H66Cl4N10O12. The van der Waals surface area contributed by atoms with Crippen molar-refractivity contribution in [2.45, 2.75) is 13.8 Å². The van der Waals surface area contributed by atoms with E-state index in [-0.39, 0.29) is 45.9 Å². The summed E-state index contributed by atoms with van der Waals surface area (Å²) in [5.41, 5.74) is 16.7. The number of phenolic OH excluding ortho intramolecular Hbond substituents is 6. The Morgan fingerprint density at radius 3 is 1.09 bits per heavy atom. The van der Waals surface area contributed by atoms with Crippen LogP contribution < -0.4 is 9.47 Å². The van der Waals surface area contributed by atoms with Crippen molar-refractivity contribution in [1.29, 1.82) is 0 Å². The molecular weight excluding hydrogens is 1530 g/mol. The number of nitro groups is 2. The molecule has 568 valence electrons. The van der Waals surface area contributed by atoms with E-state index in [1.807, 2.05) is 172 Å². The smallest absolute Gasteiger partial charge is 0.270 e. The van der Waals surface area contributed by atoms with Crippen LogP contribution in [-0.2, 0) is 0 Å². The molecule has 4 aromatic heterocycles. The zero-order valence-electron chi connectivity index (χ0n) is 60.7. The number of non-ortho nitro benzene ring substituents is 2. The number of aryl methyl sites for hydroxylation is 2. The average Bonchev–Trinajstić information content (AvgIpc) is 1.65. The van der Waals surface area contributed by atoms with Crippen LogP contribution in [0.15, 0.2) is 267 Å². The number of aromatic nitrogens is 8. The molecule has 114 heavy (non-hydrogen) atoms. The summed E-state index contributed by atoms with van der Waals surface area (Å²) in [5, 5.41) is 83.6. The molecule has 16 rings (SSSR count). The van der Waals surface area contributed by atoms with Gasteiger partial charge in [-0.15, -0.1) is 0 Å². The summed E-state index contributed by atoms with van der Waals surface area (Å²) in [6.45, 7) is 3.78. The van der Waals surface area contributed by atoms with Crippen LogP contribution in [0.3, 0.4) is 0 Å². The largest absolute Gasteiger partial charge is 0.508 e. The van der Waals surface area contributed by atoms with E-state index in [9.17, 15) is 50.9 Å². The number of phenols is 6. The minimum atomic E-state index is -0.430. The van der Waals surface area contributed by atoms with Crippen LogP contribution in [0.1, 0.15) is 11.1 Å². The Labute approximate surface area is 671 Å². The topological polar surface area (TPSA) is 341 Å². The molecule has 0 aliphatic heterocycles. The van der Waals surface area contributed by atoms with E-state index in [0.717, 1.165) is 67.2 Å². The van der Waals surface area contributed by atoms with Crippen LogP contribution in [0.4, 0.5) is 11.4 Å². The van der Waals surface area contributed by atoms with Gasteiger partial charge in [-0.1, -0.05) is 198 Å². The molecule has 26 heteroatoms. The number of nitrogens with one attached hydrogen (secondary N) is 4. The van der Waals surface area contributed by atoms with E-state index in [4.69, 9.17) is 75.8 Å². The fourth-order valence-corrected chi connectivity index (χ4v) is 13.0. The van der Waals surface area contributed by atoms with Gasteiger partial charge in [-0.05, 0) is 116 Å². The first kappa shape index (κ1) is 78.0. The normalized spacial score (nSPS) is 10.8. The number of aromatic hydroxyl groups is 6. The Bertz CT molecular complexity index is 6110. The third-order valence-corrected chi connectivity index (χ3v) is 19.5. The lowest BCUT2D eigenvalue weighted by Crippen LogP contribution is -1.92. The van der Waals surface area contributed by atoms with Crippen molar-refractivity contribution in [3.8, 4) is 182 Å². The Balaban J connectivity index is 0.000000133. The van der Waals surface area contributed by atoms with Gasteiger partial charge < -0.3 is 60.0 Å². The lowest BCUT2D eigenvalue weighted by molar-refractivity contribution is -0.385. The summed E-state index contributed by atoms with van der Waals surface area (Å²) in [6, 6.07) is 77.9. The predicted octanol–water partition coefficient (Wildman–Crippen LogP) is 22.9. The van der Waals surface area contributed by atoms with Gasteiger partial charge in [-0.25, -0.2) is 19.9 Å². The van der Waals surface area contributed by atoms with E-state index in [0.29, 0.717) is 111 Å². The van der Waals surface area contributed by atoms with Crippen molar-refractivity contribution in [2.75, 3.05) is 14.2 Å². The van der Waals surface area contributed by atoms with E-state index in [2.05, 4.69) is 19.9 Å². The number of hydrogen-bond donors (Lipinski definition) is 10. The zero-order valence-corrected chi connectivity index (χ0v) is 63.8. The molecule has 0 saturated carbocycles. The second-order valence-electron chi connectivity index (χ2n) is 25.6. The van der Waals surface area contributed by atoms with Crippen LogP contribution in [-0.4, -0.2) is 94.6 Å². The summed E-state index contributed by atoms with van der Waals surface area (Å²) < 4.78 is 10.6. The maximum absolute atomic E-state index is 11.3. The van der Waals surface area contributed by atoms with Gasteiger partial charge in [0.25, 0.3) is 11.4 Å². The number of rotatable bonds is 16. The minimum absolute atomic E-state index is 0.0111. The van der Waals surface area contributed by atoms with Crippen molar-refractivity contribution >= 4 is 57.8 Å². The number of hydrogen-bond acceptors (Lipinski definition) is 16.